The van der Waals surface area contributed by atoms with Gasteiger partial charge in [-0.3, -0.25) is 0 Å². The Labute approximate surface area is 100 Å². The van der Waals surface area contributed by atoms with Crippen molar-refractivity contribution in [3.63, 3.8) is 0 Å². The molecule has 2 atom stereocenters. The Morgan fingerprint density at radius 2 is 2.00 bits per heavy atom. The van der Waals surface area contributed by atoms with Crippen molar-refractivity contribution in [3.8, 4) is 0 Å². The normalized spacial score (nSPS) is 23.2. The van der Waals surface area contributed by atoms with Crippen LogP contribution in [-0.2, 0) is 0 Å². The lowest BCUT2D eigenvalue weighted by molar-refractivity contribution is 0.0547. The number of nitrogens with zero attached hydrogens (tertiary/aromatic N) is 1. The van der Waals surface area contributed by atoms with Crippen molar-refractivity contribution < 1.29 is 5.11 Å². The third-order valence-corrected chi connectivity index (χ3v) is 3.53. The third kappa shape index (κ3) is 5.28. The fourth-order valence-corrected chi connectivity index (χ4v) is 2.18. The molecule has 1 aliphatic heterocycles. The Hall–Kier alpha value is -0.120. The Morgan fingerprint density at radius 3 is 2.56 bits per heavy atom. The summed E-state index contributed by atoms with van der Waals surface area (Å²) in [5.74, 6) is 0.672. The van der Waals surface area contributed by atoms with Crippen LogP contribution in [0.5, 0.6) is 0 Å². The number of hydrogen-bond donors (Lipinski definition) is 2. The minimum Gasteiger partial charge on any atom is -0.389 e. The smallest absolute Gasteiger partial charge is 0.0740 e. The van der Waals surface area contributed by atoms with Gasteiger partial charge in [0, 0.05) is 13.1 Å². The van der Waals surface area contributed by atoms with E-state index >= 15 is 0 Å². The molecule has 16 heavy (non-hydrogen) atoms. The van der Waals surface area contributed by atoms with Crippen molar-refractivity contribution in [2.45, 2.75) is 45.6 Å². The highest BCUT2D eigenvalue weighted by molar-refractivity contribution is 4.75. The molecule has 1 heterocycles. The standard InChI is InChI=1S/C13H28N2O/c1-4-13(3,16)11-14-9-12(2)10-15-7-5-6-8-15/h12,14,16H,4-11H2,1-3H3. The summed E-state index contributed by atoms with van der Waals surface area (Å²) >= 11 is 0. The van der Waals surface area contributed by atoms with Gasteiger partial charge in [0.15, 0.2) is 0 Å². The molecule has 0 aromatic carbocycles. The fraction of sp³-hybridized carbons (Fsp3) is 1.00. The number of hydrogen-bond acceptors (Lipinski definition) is 3. The lowest BCUT2D eigenvalue weighted by Gasteiger charge is -2.24. The van der Waals surface area contributed by atoms with Crippen molar-refractivity contribution in [2.24, 2.45) is 5.92 Å². The Kier molecular flexibility index (Phi) is 5.73. The second-order valence-electron chi connectivity index (χ2n) is 5.59. The quantitative estimate of drug-likeness (QED) is 0.692. The van der Waals surface area contributed by atoms with Gasteiger partial charge < -0.3 is 15.3 Å². The van der Waals surface area contributed by atoms with Crippen molar-refractivity contribution in [2.75, 3.05) is 32.7 Å². The van der Waals surface area contributed by atoms with E-state index < -0.39 is 5.60 Å². The van der Waals surface area contributed by atoms with Crippen LogP contribution in [0.15, 0.2) is 0 Å². The molecule has 0 aromatic heterocycles. The van der Waals surface area contributed by atoms with Crippen LogP contribution in [0.25, 0.3) is 0 Å². The van der Waals surface area contributed by atoms with Crippen LogP contribution in [0, 0.1) is 5.92 Å². The minimum atomic E-state index is -0.548. The molecule has 96 valence electrons. The van der Waals surface area contributed by atoms with Gasteiger partial charge in [0.25, 0.3) is 0 Å². The van der Waals surface area contributed by atoms with Gasteiger partial charge >= 0.3 is 0 Å². The number of rotatable bonds is 7. The third-order valence-electron chi connectivity index (χ3n) is 3.53. The average molecular weight is 228 g/mol. The molecular weight excluding hydrogens is 200 g/mol. The molecule has 0 aromatic rings. The Bertz CT molecular complexity index is 188. The first-order valence-electron chi connectivity index (χ1n) is 6.69. The minimum absolute atomic E-state index is 0.548. The highest BCUT2D eigenvalue weighted by atomic mass is 16.3. The Balaban J connectivity index is 2.07. The van der Waals surface area contributed by atoms with E-state index in [4.69, 9.17) is 0 Å². The topological polar surface area (TPSA) is 35.5 Å². The van der Waals surface area contributed by atoms with Crippen LogP contribution in [0.1, 0.15) is 40.0 Å². The second kappa shape index (κ2) is 6.58. The van der Waals surface area contributed by atoms with Crippen LogP contribution in [-0.4, -0.2) is 48.3 Å². The summed E-state index contributed by atoms with van der Waals surface area (Å²) < 4.78 is 0. The van der Waals surface area contributed by atoms with Crippen LogP contribution in [0.2, 0.25) is 0 Å². The molecule has 1 saturated heterocycles. The first-order valence-corrected chi connectivity index (χ1v) is 6.69. The molecule has 0 amide bonds. The number of nitrogens with one attached hydrogen (secondary N) is 1. The van der Waals surface area contributed by atoms with Gasteiger partial charge in [-0.2, -0.15) is 0 Å². The summed E-state index contributed by atoms with van der Waals surface area (Å²) in [5.41, 5.74) is -0.548. The predicted octanol–water partition coefficient (Wildman–Crippen LogP) is 1.47. The van der Waals surface area contributed by atoms with E-state index in [-0.39, 0.29) is 0 Å². The SMILES string of the molecule is CCC(C)(O)CNCC(C)CN1CCCC1. The molecule has 0 radical (unpaired) electrons. The molecule has 0 saturated carbocycles. The molecule has 1 rings (SSSR count). The monoisotopic (exact) mass is 228 g/mol. The highest BCUT2D eigenvalue weighted by Gasteiger charge is 2.18. The lowest BCUT2D eigenvalue weighted by Crippen LogP contribution is -2.40. The molecule has 2 N–H and O–H groups in total. The maximum absolute atomic E-state index is 9.85. The van der Waals surface area contributed by atoms with Crippen LogP contribution >= 0.6 is 0 Å². The van der Waals surface area contributed by atoms with E-state index in [1.807, 2.05) is 13.8 Å². The first kappa shape index (κ1) is 13.9. The number of aliphatic hydroxyl groups is 1. The second-order valence-corrected chi connectivity index (χ2v) is 5.59. The van der Waals surface area contributed by atoms with Crippen molar-refractivity contribution in [1.82, 2.24) is 10.2 Å². The average Bonchev–Trinajstić information content (AvgIpc) is 2.70. The van der Waals surface area contributed by atoms with E-state index in [0.717, 1.165) is 13.0 Å². The molecule has 0 spiro atoms. The van der Waals surface area contributed by atoms with Crippen LogP contribution in [0.4, 0.5) is 0 Å². The van der Waals surface area contributed by atoms with E-state index in [0.29, 0.717) is 12.5 Å². The van der Waals surface area contributed by atoms with E-state index in [2.05, 4.69) is 17.1 Å². The van der Waals surface area contributed by atoms with Gasteiger partial charge in [-0.1, -0.05) is 13.8 Å². The van der Waals surface area contributed by atoms with Gasteiger partial charge in [0.1, 0.15) is 0 Å². The summed E-state index contributed by atoms with van der Waals surface area (Å²) in [5, 5.41) is 13.2. The maximum atomic E-state index is 9.85. The van der Waals surface area contributed by atoms with Crippen molar-refractivity contribution >= 4 is 0 Å². The molecule has 3 heteroatoms. The molecule has 1 fully saturated rings. The molecule has 1 aliphatic rings. The predicted molar refractivity (Wildman–Crippen MR) is 68.6 cm³/mol. The van der Waals surface area contributed by atoms with Crippen LogP contribution < -0.4 is 5.32 Å². The van der Waals surface area contributed by atoms with Crippen molar-refractivity contribution in [1.29, 1.82) is 0 Å². The molecule has 2 unspecified atom stereocenters. The molecule has 0 bridgehead atoms. The first-order chi connectivity index (χ1) is 7.53. The zero-order valence-corrected chi connectivity index (χ0v) is 11.1. The number of likely N-dealkylation sites (tertiary alicyclic amines) is 1. The molecule has 3 nitrogen and oxygen atoms in total. The van der Waals surface area contributed by atoms with Gasteiger partial charge in [-0.05, 0) is 51.7 Å². The van der Waals surface area contributed by atoms with Gasteiger partial charge in [0.2, 0.25) is 0 Å². The molecule has 0 aliphatic carbocycles. The lowest BCUT2D eigenvalue weighted by atomic mass is 10.0. The van der Waals surface area contributed by atoms with E-state index in [9.17, 15) is 5.11 Å². The fourth-order valence-electron chi connectivity index (χ4n) is 2.18. The maximum Gasteiger partial charge on any atom is 0.0740 e. The van der Waals surface area contributed by atoms with E-state index in [1.165, 1.54) is 32.5 Å². The largest absolute Gasteiger partial charge is 0.389 e. The zero-order chi connectivity index (χ0) is 12.0. The Morgan fingerprint density at radius 1 is 1.38 bits per heavy atom. The summed E-state index contributed by atoms with van der Waals surface area (Å²) in [6, 6.07) is 0. The van der Waals surface area contributed by atoms with Gasteiger partial charge in [0.05, 0.1) is 5.60 Å². The summed E-state index contributed by atoms with van der Waals surface area (Å²) in [4.78, 5) is 2.55. The zero-order valence-electron chi connectivity index (χ0n) is 11.1. The van der Waals surface area contributed by atoms with Gasteiger partial charge in [-0.15, -0.1) is 0 Å². The van der Waals surface area contributed by atoms with Crippen LogP contribution in [0.3, 0.4) is 0 Å². The summed E-state index contributed by atoms with van der Waals surface area (Å²) in [6.45, 7) is 11.7. The van der Waals surface area contributed by atoms with Gasteiger partial charge in [-0.25, -0.2) is 0 Å². The molecular formula is C13H28N2O. The summed E-state index contributed by atoms with van der Waals surface area (Å²) in [6.07, 6.45) is 3.54. The summed E-state index contributed by atoms with van der Waals surface area (Å²) in [7, 11) is 0. The van der Waals surface area contributed by atoms with E-state index in [1.54, 1.807) is 0 Å². The highest BCUT2D eigenvalue weighted by Crippen LogP contribution is 2.10. The van der Waals surface area contributed by atoms with Crippen molar-refractivity contribution in [3.05, 3.63) is 0 Å².